The zero-order valence-corrected chi connectivity index (χ0v) is 8.62. The highest BCUT2D eigenvalue weighted by molar-refractivity contribution is 5.23. The third kappa shape index (κ3) is 2.07. The van der Waals surface area contributed by atoms with Crippen molar-refractivity contribution in [3.05, 3.63) is 12.0 Å². The Bertz CT molecular complexity index is 292. The first kappa shape index (κ1) is 9.52. The summed E-state index contributed by atoms with van der Waals surface area (Å²) >= 11 is 0. The quantitative estimate of drug-likeness (QED) is 0.802. The molecule has 1 aliphatic heterocycles. The fraction of sp³-hybridized carbons (Fsp3) is 0.700. The summed E-state index contributed by atoms with van der Waals surface area (Å²) in [5.41, 5.74) is 0.895. The van der Waals surface area contributed by atoms with E-state index in [1.54, 1.807) is 6.26 Å². The minimum Gasteiger partial charge on any atom is -0.432 e. The number of aromatic nitrogens is 1. The van der Waals surface area contributed by atoms with Crippen molar-refractivity contribution >= 4 is 6.01 Å². The normalized spacial score (nSPS) is 23.7. The molecule has 1 aliphatic rings. The van der Waals surface area contributed by atoms with Crippen molar-refractivity contribution in [3.8, 4) is 0 Å². The summed E-state index contributed by atoms with van der Waals surface area (Å²) in [6.07, 6.45) is 4.21. The highest BCUT2D eigenvalue weighted by atomic mass is 16.5. The number of nitrogens with one attached hydrogen (secondary N) is 1. The molecule has 0 aliphatic carbocycles. The van der Waals surface area contributed by atoms with E-state index in [2.05, 4.69) is 17.2 Å². The van der Waals surface area contributed by atoms with Crippen molar-refractivity contribution in [3.63, 3.8) is 0 Å². The van der Waals surface area contributed by atoms with Gasteiger partial charge in [0.1, 0.15) is 6.26 Å². The summed E-state index contributed by atoms with van der Waals surface area (Å²) in [5.74, 6) is 0. The summed E-state index contributed by atoms with van der Waals surface area (Å²) in [7, 11) is 0. The van der Waals surface area contributed by atoms with Crippen molar-refractivity contribution in [2.24, 2.45) is 0 Å². The second-order valence-corrected chi connectivity index (χ2v) is 3.78. The highest BCUT2D eigenvalue weighted by Gasteiger charge is 2.23. The van der Waals surface area contributed by atoms with Crippen LogP contribution in [0.1, 0.15) is 25.5 Å². The SMILES string of the molecule is Cc1coc(NC(C)C2CCCO2)n1. The van der Waals surface area contributed by atoms with Gasteiger partial charge in [-0.2, -0.15) is 4.98 Å². The predicted molar refractivity (Wildman–Crippen MR) is 53.3 cm³/mol. The van der Waals surface area contributed by atoms with Gasteiger partial charge in [0, 0.05) is 6.61 Å². The molecule has 0 amide bonds. The fourth-order valence-electron chi connectivity index (χ4n) is 1.70. The lowest BCUT2D eigenvalue weighted by Gasteiger charge is -2.18. The van der Waals surface area contributed by atoms with Crippen LogP contribution in [0.2, 0.25) is 0 Å². The average Bonchev–Trinajstić information content (AvgIpc) is 2.75. The van der Waals surface area contributed by atoms with Gasteiger partial charge >= 0.3 is 0 Å². The molecular weight excluding hydrogens is 180 g/mol. The number of aryl methyl sites for hydroxylation is 1. The Kier molecular flexibility index (Phi) is 2.72. The molecule has 0 radical (unpaired) electrons. The first-order valence-electron chi connectivity index (χ1n) is 5.06. The fourth-order valence-corrected chi connectivity index (χ4v) is 1.70. The lowest BCUT2D eigenvalue weighted by Crippen LogP contribution is -2.30. The summed E-state index contributed by atoms with van der Waals surface area (Å²) in [4.78, 5) is 4.19. The highest BCUT2D eigenvalue weighted by Crippen LogP contribution is 2.18. The lowest BCUT2D eigenvalue weighted by atomic mass is 10.1. The molecule has 0 aromatic carbocycles. The molecule has 2 heterocycles. The lowest BCUT2D eigenvalue weighted by molar-refractivity contribution is 0.0990. The van der Waals surface area contributed by atoms with Crippen LogP contribution in [0.3, 0.4) is 0 Å². The van der Waals surface area contributed by atoms with Gasteiger partial charge in [0.25, 0.3) is 6.01 Å². The van der Waals surface area contributed by atoms with Crippen LogP contribution in [0, 0.1) is 6.92 Å². The zero-order valence-electron chi connectivity index (χ0n) is 8.62. The summed E-state index contributed by atoms with van der Waals surface area (Å²) in [5, 5.41) is 3.20. The van der Waals surface area contributed by atoms with Gasteiger partial charge in [-0.3, -0.25) is 0 Å². The zero-order chi connectivity index (χ0) is 9.97. The molecule has 1 N–H and O–H groups in total. The van der Waals surface area contributed by atoms with Crippen molar-refractivity contribution in [2.45, 2.75) is 38.8 Å². The Morgan fingerprint density at radius 1 is 1.64 bits per heavy atom. The van der Waals surface area contributed by atoms with Crippen LogP contribution in [0.15, 0.2) is 10.7 Å². The molecule has 1 fully saturated rings. The minimum atomic E-state index is 0.260. The van der Waals surface area contributed by atoms with Crippen LogP contribution in [-0.2, 0) is 4.74 Å². The van der Waals surface area contributed by atoms with Crippen LogP contribution in [0.4, 0.5) is 6.01 Å². The van der Waals surface area contributed by atoms with Gasteiger partial charge < -0.3 is 14.5 Å². The minimum absolute atomic E-state index is 0.260. The van der Waals surface area contributed by atoms with Gasteiger partial charge in [-0.1, -0.05) is 0 Å². The molecule has 14 heavy (non-hydrogen) atoms. The van der Waals surface area contributed by atoms with Crippen LogP contribution < -0.4 is 5.32 Å². The van der Waals surface area contributed by atoms with Gasteiger partial charge in [0.2, 0.25) is 0 Å². The van der Waals surface area contributed by atoms with Gasteiger partial charge in [-0.25, -0.2) is 0 Å². The molecule has 1 aromatic heterocycles. The number of oxazole rings is 1. The second kappa shape index (κ2) is 4.00. The number of hydrogen-bond donors (Lipinski definition) is 1. The van der Waals surface area contributed by atoms with E-state index in [0.717, 1.165) is 25.1 Å². The third-order valence-electron chi connectivity index (χ3n) is 2.49. The summed E-state index contributed by atoms with van der Waals surface area (Å²) in [6.45, 7) is 4.88. The number of rotatable bonds is 3. The van der Waals surface area contributed by atoms with E-state index in [0.29, 0.717) is 12.1 Å². The van der Waals surface area contributed by atoms with Gasteiger partial charge in [-0.15, -0.1) is 0 Å². The van der Waals surface area contributed by atoms with Crippen LogP contribution >= 0.6 is 0 Å². The van der Waals surface area contributed by atoms with E-state index in [-0.39, 0.29) is 6.04 Å². The third-order valence-corrected chi connectivity index (χ3v) is 2.49. The Labute approximate surface area is 83.7 Å². The topological polar surface area (TPSA) is 47.3 Å². The van der Waals surface area contributed by atoms with E-state index < -0.39 is 0 Å². The number of ether oxygens (including phenoxy) is 1. The molecule has 2 rings (SSSR count). The molecule has 0 spiro atoms. The molecule has 0 bridgehead atoms. The monoisotopic (exact) mass is 196 g/mol. The van der Waals surface area contributed by atoms with Crippen molar-refractivity contribution < 1.29 is 9.15 Å². The average molecular weight is 196 g/mol. The Morgan fingerprint density at radius 2 is 2.50 bits per heavy atom. The molecule has 1 aromatic rings. The number of hydrogen-bond acceptors (Lipinski definition) is 4. The van der Waals surface area contributed by atoms with Gasteiger partial charge in [-0.05, 0) is 26.7 Å². The molecular formula is C10H16N2O2. The largest absolute Gasteiger partial charge is 0.432 e. The summed E-state index contributed by atoms with van der Waals surface area (Å²) in [6, 6.07) is 0.848. The maximum Gasteiger partial charge on any atom is 0.295 e. The molecule has 2 atom stereocenters. The Balaban J connectivity index is 1.90. The van der Waals surface area contributed by atoms with Gasteiger partial charge in [0.15, 0.2) is 0 Å². The number of nitrogens with zero attached hydrogens (tertiary/aromatic N) is 1. The standard InChI is InChI=1S/C10H16N2O2/c1-7-6-14-10(11-7)12-8(2)9-4-3-5-13-9/h6,8-9H,3-5H2,1-2H3,(H,11,12). The summed E-state index contributed by atoms with van der Waals surface area (Å²) < 4.78 is 10.8. The molecule has 78 valence electrons. The molecule has 4 heteroatoms. The van der Waals surface area contributed by atoms with Crippen molar-refractivity contribution in [1.82, 2.24) is 4.98 Å². The van der Waals surface area contributed by atoms with Crippen LogP contribution in [0.5, 0.6) is 0 Å². The maximum atomic E-state index is 5.56. The second-order valence-electron chi connectivity index (χ2n) is 3.78. The van der Waals surface area contributed by atoms with E-state index in [1.165, 1.54) is 0 Å². The predicted octanol–water partition coefficient (Wildman–Crippen LogP) is 1.96. The first-order chi connectivity index (χ1) is 6.75. The number of anilines is 1. The molecule has 2 unspecified atom stereocenters. The van der Waals surface area contributed by atoms with Crippen molar-refractivity contribution in [2.75, 3.05) is 11.9 Å². The molecule has 4 nitrogen and oxygen atoms in total. The molecule has 1 saturated heterocycles. The van der Waals surface area contributed by atoms with E-state index >= 15 is 0 Å². The van der Waals surface area contributed by atoms with E-state index in [9.17, 15) is 0 Å². The smallest absolute Gasteiger partial charge is 0.295 e. The van der Waals surface area contributed by atoms with Crippen molar-refractivity contribution in [1.29, 1.82) is 0 Å². The Hall–Kier alpha value is -1.03. The van der Waals surface area contributed by atoms with E-state index in [1.807, 2.05) is 6.92 Å². The first-order valence-corrected chi connectivity index (χ1v) is 5.06. The molecule has 0 saturated carbocycles. The van der Waals surface area contributed by atoms with Crippen LogP contribution in [0.25, 0.3) is 0 Å². The van der Waals surface area contributed by atoms with Gasteiger partial charge in [0.05, 0.1) is 17.8 Å². The van der Waals surface area contributed by atoms with E-state index in [4.69, 9.17) is 9.15 Å². The maximum absolute atomic E-state index is 5.56. The Morgan fingerprint density at radius 3 is 3.07 bits per heavy atom. The van der Waals surface area contributed by atoms with Crippen LogP contribution in [-0.4, -0.2) is 23.7 Å².